The van der Waals surface area contributed by atoms with Gasteiger partial charge in [-0.25, -0.2) is 4.98 Å². The molecule has 2 aromatic carbocycles. The molecule has 0 aliphatic rings. The van der Waals surface area contributed by atoms with Crippen LogP contribution in [0.4, 0.5) is 0 Å². The van der Waals surface area contributed by atoms with Crippen LogP contribution < -0.4 is 0 Å². The maximum absolute atomic E-state index is 5.45. The lowest BCUT2D eigenvalue weighted by Gasteiger charge is -2.00. The first-order valence-corrected chi connectivity index (χ1v) is 7.61. The SMILES string of the molecule is CCn1cnc2ccc(-c3noc(-c4ccccc4C)n3)cc21. The molecule has 4 aromatic rings. The standard InChI is InChI=1S/C18H16N4O/c1-3-22-11-19-15-9-8-13(10-16(15)22)17-20-18(23-21-17)14-7-5-4-6-12(14)2/h4-11H,3H2,1-2H3. The van der Waals surface area contributed by atoms with Crippen LogP contribution in [0.25, 0.3) is 33.9 Å². The van der Waals surface area contributed by atoms with Crippen molar-refractivity contribution in [1.29, 1.82) is 0 Å². The molecule has 2 heterocycles. The summed E-state index contributed by atoms with van der Waals surface area (Å²) in [5.41, 5.74) is 5.05. The third kappa shape index (κ3) is 2.30. The van der Waals surface area contributed by atoms with Crippen molar-refractivity contribution in [3.63, 3.8) is 0 Å². The molecule has 5 nitrogen and oxygen atoms in total. The first-order chi connectivity index (χ1) is 11.3. The third-order valence-electron chi connectivity index (χ3n) is 4.02. The molecule has 0 saturated heterocycles. The Hall–Kier alpha value is -2.95. The van der Waals surface area contributed by atoms with Crippen LogP contribution in [0.2, 0.25) is 0 Å². The Bertz CT molecular complexity index is 984. The molecule has 0 fully saturated rings. The lowest BCUT2D eigenvalue weighted by atomic mass is 10.1. The number of imidazole rings is 1. The molecule has 0 N–H and O–H groups in total. The van der Waals surface area contributed by atoms with Gasteiger partial charge in [-0.2, -0.15) is 4.98 Å². The topological polar surface area (TPSA) is 56.7 Å². The normalized spacial score (nSPS) is 11.2. The average molecular weight is 304 g/mol. The van der Waals surface area contributed by atoms with Crippen molar-refractivity contribution in [2.24, 2.45) is 0 Å². The molecular weight excluding hydrogens is 288 g/mol. The van der Waals surface area contributed by atoms with Crippen LogP contribution in [0.15, 0.2) is 53.3 Å². The molecule has 0 radical (unpaired) electrons. The number of aromatic nitrogens is 4. The predicted octanol–water partition coefficient (Wildman–Crippen LogP) is 4.08. The van der Waals surface area contributed by atoms with Crippen LogP contribution in [-0.4, -0.2) is 19.7 Å². The van der Waals surface area contributed by atoms with Gasteiger partial charge in [-0.3, -0.25) is 0 Å². The van der Waals surface area contributed by atoms with Gasteiger partial charge in [0.25, 0.3) is 5.89 Å². The molecule has 0 unspecified atom stereocenters. The number of hydrogen-bond donors (Lipinski definition) is 0. The smallest absolute Gasteiger partial charge is 0.258 e. The van der Waals surface area contributed by atoms with Gasteiger partial charge in [0, 0.05) is 17.7 Å². The van der Waals surface area contributed by atoms with Gasteiger partial charge >= 0.3 is 0 Å². The van der Waals surface area contributed by atoms with Gasteiger partial charge < -0.3 is 9.09 Å². The molecule has 0 saturated carbocycles. The highest BCUT2D eigenvalue weighted by Gasteiger charge is 2.13. The van der Waals surface area contributed by atoms with Gasteiger partial charge in [0.15, 0.2) is 0 Å². The summed E-state index contributed by atoms with van der Waals surface area (Å²) in [5, 5.41) is 4.13. The van der Waals surface area contributed by atoms with E-state index in [0.717, 1.165) is 34.3 Å². The maximum Gasteiger partial charge on any atom is 0.258 e. The molecule has 0 amide bonds. The molecule has 0 spiro atoms. The Kier molecular flexibility index (Phi) is 3.19. The molecule has 4 rings (SSSR count). The van der Waals surface area contributed by atoms with Crippen molar-refractivity contribution in [3.8, 4) is 22.8 Å². The summed E-state index contributed by atoms with van der Waals surface area (Å²) in [5.74, 6) is 1.14. The van der Waals surface area contributed by atoms with E-state index in [-0.39, 0.29) is 0 Å². The minimum atomic E-state index is 0.544. The summed E-state index contributed by atoms with van der Waals surface area (Å²) in [6, 6.07) is 14.0. The summed E-state index contributed by atoms with van der Waals surface area (Å²) in [6.07, 6.45) is 1.85. The van der Waals surface area contributed by atoms with Gasteiger partial charge in [-0.1, -0.05) is 23.4 Å². The van der Waals surface area contributed by atoms with Crippen LogP contribution in [0.1, 0.15) is 12.5 Å². The van der Waals surface area contributed by atoms with Gasteiger partial charge in [0.05, 0.1) is 17.4 Å². The highest BCUT2D eigenvalue weighted by atomic mass is 16.5. The minimum Gasteiger partial charge on any atom is -0.334 e. The minimum absolute atomic E-state index is 0.544. The molecule has 0 aliphatic carbocycles. The highest BCUT2D eigenvalue weighted by molar-refractivity contribution is 5.80. The fraction of sp³-hybridized carbons (Fsp3) is 0.167. The number of hydrogen-bond acceptors (Lipinski definition) is 4. The zero-order valence-corrected chi connectivity index (χ0v) is 13.0. The van der Waals surface area contributed by atoms with E-state index in [1.807, 2.05) is 49.6 Å². The predicted molar refractivity (Wildman–Crippen MR) is 88.9 cm³/mol. The lowest BCUT2D eigenvalue weighted by molar-refractivity contribution is 0.432. The molecule has 0 aliphatic heterocycles. The van der Waals surface area contributed by atoms with Crippen molar-refractivity contribution in [1.82, 2.24) is 19.7 Å². The van der Waals surface area contributed by atoms with Gasteiger partial charge in [-0.15, -0.1) is 0 Å². The molecular formula is C18H16N4O. The number of benzene rings is 2. The summed E-state index contributed by atoms with van der Waals surface area (Å²) in [7, 11) is 0. The van der Waals surface area contributed by atoms with Crippen LogP contribution in [0.3, 0.4) is 0 Å². The first-order valence-electron chi connectivity index (χ1n) is 7.61. The fourth-order valence-corrected chi connectivity index (χ4v) is 2.71. The van der Waals surface area contributed by atoms with Gasteiger partial charge in [0.2, 0.25) is 5.82 Å². The first kappa shape index (κ1) is 13.7. The second-order valence-corrected chi connectivity index (χ2v) is 5.47. The third-order valence-corrected chi connectivity index (χ3v) is 4.02. The lowest BCUT2D eigenvalue weighted by Crippen LogP contribution is -1.91. The number of aryl methyl sites for hydroxylation is 2. The van der Waals surface area contributed by atoms with E-state index in [1.165, 1.54) is 0 Å². The Morgan fingerprint density at radius 3 is 2.83 bits per heavy atom. The Labute approximate surface area is 133 Å². The average Bonchev–Trinajstić information content (AvgIpc) is 3.21. The van der Waals surface area contributed by atoms with Crippen molar-refractivity contribution in [3.05, 3.63) is 54.4 Å². The van der Waals surface area contributed by atoms with Crippen molar-refractivity contribution in [2.45, 2.75) is 20.4 Å². The van der Waals surface area contributed by atoms with Gasteiger partial charge in [0.1, 0.15) is 0 Å². The van der Waals surface area contributed by atoms with Crippen LogP contribution >= 0.6 is 0 Å². The highest BCUT2D eigenvalue weighted by Crippen LogP contribution is 2.26. The van der Waals surface area contributed by atoms with E-state index in [4.69, 9.17) is 4.52 Å². The summed E-state index contributed by atoms with van der Waals surface area (Å²) in [4.78, 5) is 8.94. The second kappa shape index (κ2) is 5.35. The molecule has 114 valence electrons. The molecule has 23 heavy (non-hydrogen) atoms. The molecule has 0 atom stereocenters. The van der Waals surface area contributed by atoms with E-state index >= 15 is 0 Å². The largest absolute Gasteiger partial charge is 0.334 e. The number of fused-ring (bicyclic) bond motifs is 1. The summed E-state index contributed by atoms with van der Waals surface area (Å²) >= 11 is 0. The van der Waals surface area contributed by atoms with Crippen LogP contribution in [0, 0.1) is 6.92 Å². The Balaban J connectivity index is 1.78. The van der Waals surface area contributed by atoms with E-state index in [2.05, 4.69) is 32.7 Å². The van der Waals surface area contributed by atoms with Crippen LogP contribution in [0.5, 0.6) is 0 Å². The quantitative estimate of drug-likeness (QED) is 0.572. The molecule has 0 bridgehead atoms. The van der Waals surface area contributed by atoms with Crippen LogP contribution in [-0.2, 0) is 6.54 Å². The van der Waals surface area contributed by atoms with E-state index < -0.39 is 0 Å². The van der Waals surface area contributed by atoms with E-state index in [0.29, 0.717) is 11.7 Å². The molecule has 2 aromatic heterocycles. The summed E-state index contributed by atoms with van der Waals surface area (Å²) in [6.45, 7) is 5.00. The number of nitrogens with zero attached hydrogens (tertiary/aromatic N) is 4. The monoisotopic (exact) mass is 304 g/mol. The zero-order chi connectivity index (χ0) is 15.8. The van der Waals surface area contributed by atoms with Crippen molar-refractivity contribution < 1.29 is 4.52 Å². The zero-order valence-electron chi connectivity index (χ0n) is 13.0. The Morgan fingerprint density at radius 1 is 1.13 bits per heavy atom. The maximum atomic E-state index is 5.45. The van der Waals surface area contributed by atoms with E-state index in [1.54, 1.807) is 0 Å². The van der Waals surface area contributed by atoms with Gasteiger partial charge in [-0.05, 0) is 43.7 Å². The second-order valence-electron chi connectivity index (χ2n) is 5.47. The van der Waals surface area contributed by atoms with Crippen molar-refractivity contribution in [2.75, 3.05) is 0 Å². The van der Waals surface area contributed by atoms with E-state index in [9.17, 15) is 0 Å². The Morgan fingerprint density at radius 2 is 2.00 bits per heavy atom. The fourth-order valence-electron chi connectivity index (χ4n) is 2.71. The van der Waals surface area contributed by atoms with Crippen molar-refractivity contribution >= 4 is 11.0 Å². The summed E-state index contributed by atoms with van der Waals surface area (Å²) < 4.78 is 7.55. The number of rotatable bonds is 3. The molecule has 5 heteroatoms.